The SMILES string of the molecule is COc1ccccc1NC(=O)C1CCN(C(=O)c2cc(OCC(F)(F)F)ccc2[N+](=O)[O-])CC1. The number of piperidine rings is 1. The van der Waals surface area contributed by atoms with Gasteiger partial charge in [0.15, 0.2) is 6.61 Å². The third-order valence-electron chi connectivity index (χ3n) is 5.32. The minimum atomic E-state index is -4.60. The van der Waals surface area contributed by atoms with Gasteiger partial charge in [0.05, 0.1) is 17.7 Å². The molecule has 0 aliphatic carbocycles. The number of hydrogen-bond donors (Lipinski definition) is 1. The molecule has 1 fully saturated rings. The summed E-state index contributed by atoms with van der Waals surface area (Å²) >= 11 is 0. The molecule has 0 unspecified atom stereocenters. The number of amides is 2. The summed E-state index contributed by atoms with van der Waals surface area (Å²) in [6.45, 7) is -1.30. The summed E-state index contributed by atoms with van der Waals surface area (Å²) in [4.78, 5) is 37.5. The van der Waals surface area contributed by atoms with Crippen LogP contribution in [0.15, 0.2) is 42.5 Å². The highest BCUT2D eigenvalue weighted by Crippen LogP contribution is 2.30. The molecule has 2 aromatic carbocycles. The number of nitro benzene ring substituents is 1. The smallest absolute Gasteiger partial charge is 0.422 e. The van der Waals surface area contributed by atoms with Gasteiger partial charge in [-0.1, -0.05) is 12.1 Å². The number of halogens is 3. The number of para-hydroxylation sites is 2. The van der Waals surface area contributed by atoms with Crippen molar-refractivity contribution >= 4 is 23.2 Å². The number of likely N-dealkylation sites (tertiary alicyclic amines) is 1. The number of benzene rings is 2. The monoisotopic (exact) mass is 481 g/mol. The Morgan fingerprint density at radius 1 is 1.18 bits per heavy atom. The number of anilines is 1. The molecular weight excluding hydrogens is 459 g/mol. The van der Waals surface area contributed by atoms with Gasteiger partial charge in [0.25, 0.3) is 11.6 Å². The van der Waals surface area contributed by atoms with Crippen molar-refractivity contribution in [1.29, 1.82) is 0 Å². The van der Waals surface area contributed by atoms with E-state index in [1.807, 2.05) is 0 Å². The van der Waals surface area contributed by atoms with Crippen LogP contribution < -0.4 is 14.8 Å². The highest BCUT2D eigenvalue weighted by Gasteiger charge is 2.32. The average Bonchev–Trinajstić information content (AvgIpc) is 2.82. The van der Waals surface area contributed by atoms with Gasteiger partial charge in [0.1, 0.15) is 17.1 Å². The Hall–Kier alpha value is -3.83. The van der Waals surface area contributed by atoms with Gasteiger partial charge in [0, 0.05) is 25.1 Å². The minimum absolute atomic E-state index is 0.146. The van der Waals surface area contributed by atoms with E-state index in [1.165, 1.54) is 12.0 Å². The van der Waals surface area contributed by atoms with Crippen LogP contribution in [0.5, 0.6) is 11.5 Å². The number of methoxy groups -OCH3 is 1. The zero-order valence-electron chi connectivity index (χ0n) is 18.1. The zero-order valence-corrected chi connectivity index (χ0v) is 18.1. The topological polar surface area (TPSA) is 111 Å². The molecule has 12 heteroatoms. The van der Waals surface area contributed by atoms with E-state index in [9.17, 15) is 32.9 Å². The molecule has 2 aromatic rings. The molecule has 1 aliphatic rings. The van der Waals surface area contributed by atoms with E-state index in [4.69, 9.17) is 4.74 Å². The van der Waals surface area contributed by atoms with Crippen molar-refractivity contribution in [2.45, 2.75) is 19.0 Å². The van der Waals surface area contributed by atoms with E-state index >= 15 is 0 Å². The fraction of sp³-hybridized carbons (Fsp3) is 0.364. The molecule has 34 heavy (non-hydrogen) atoms. The Bertz CT molecular complexity index is 1070. The quantitative estimate of drug-likeness (QED) is 0.472. The molecule has 0 bridgehead atoms. The van der Waals surface area contributed by atoms with Crippen LogP contribution in [0.4, 0.5) is 24.5 Å². The summed E-state index contributed by atoms with van der Waals surface area (Å²) in [6, 6.07) is 9.80. The maximum Gasteiger partial charge on any atom is 0.422 e. The molecule has 0 aromatic heterocycles. The Kier molecular flexibility index (Phi) is 7.59. The maximum absolute atomic E-state index is 13.0. The molecule has 2 amide bonds. The molecule has 0 spiro atoms. The minimum Gasteiger partial charge on any atom is -0.495 e. The fourth-order valence-corrected chi connectivity index (χ4v) is 3.60. The van der Waals surface area contributed by atoms with Crippen molar-refractivity contribution in [3.63, 3.8) is 0 Å². The first-order valence-electron chi connectivity index (χ1n) is 10.3. The van der Waals surface area contributed by atoms with Crippen LogP contribution in [0, 0.1) is 16.0 Å². The summed E-state index contributed by atoms with van der Waals surface area (Å²) in [5.74, 6) is -1.16. The van der Waals surface area contributed by atoms with Crippen LogP contribution >= 0.6 is 0 Å². The van der Waals surface area contributed by atoms with E-state index in [0.717, 1.165) is 18.2 Å². The number of carbonyl (C=O) groups is 2. The van der Waals surface area contributed by atoms with Gasteiger partial charge in [-0.05, 0) is 37.1 Å². The first-order valence-corrected chi connectivity index (χ1v) is 10.3. The van der Waals surface area contributed by atoms with Crippen molar-refractivity contribution in [2.24, 2.45) is 5.92 Å². The largest absolute Gasteiger partial charge is 0.495 e. The van der Waals surface area contributed by atoms with Gasteiger partial charge in [-0.3, -0.25) is 19.7 Å². The molecule has 1 N–H and O–H groups in total. The van der Waals surface area contributed by atoms with Gasteiger partial charge in [-0.2, -0.15) is 13.2 Å². The van der Waals surface area contributed by atoms with Crippen molar-refractivity contribution in [1.82, 2.24) is 4.90 Å². The summed E-state index contributed by atoms with van der Waals surface area (Å²) in [5.41, 5.74) is -0.401. The van der Waals surface area contributed by atoms with Gasteiger partial charge < -0.3 is 19.7 Å². The highest BCUT2D eigenvalue weighted by atomic mass is 19.4. The summed E-state index contributed by atoms with van der Waals surface area (Å²) < 4.78 is 47.1. The molecule has 9 nitrogen and oxygen atoms in total. The lowest BCUT2D eigenvalue weighted by atomic mass is 9.95. The Morgan fingerprint density at radius 2 is 1.85 bits per heavy atom. The van der Waals surface area contributed by atoms with E-state index in [2.05, 4.69) is 10.1 Å². The third-order valence-corrected chi connectivity index (χ3v) is 5.32. The average molecular weight is 481 g/mol. The molecule has 0 saturated carbocycles. The van der Waals surface area contributed by atoms with E-state index in [-0.39, 0.29) is 30.3 Å². The predicted molar refractivity (Wildman–Crippen MR) is 115 cm³/mol. The van der Waals surface area contributed by atoms with E-state index in [1.54, 1.807) is 24.3 Å². The Labute approximate surface area is 192 Å². The van der Waals surface area contributed by atoms with Crippen molar-refractivity contribution in [2.75, 3.05) is 32.1 Å². The number of nitro groups is 1. The summed E-state index contributed by atoms with van der Waals surface area (Å²) in [6.07, 6.45) is -3.98. The Balaban J connectivity index is 1.67. The number of ether oxygens (including phenoxy) is 2. The molecule has 182 valence electrons. The Morgan fingerprint density at radius 3 is 2.47 bits per heavy atom. The summed E-state index contributed by atoms with van der Waals surface area (Å²) in [7, 11) is 1.48. The second kappa shape index (κ2) is 10.4. The van der Waals surface area contributed by atoms with Crippen LogP contribution in [-0.2, 0) is 4.79 Å². The van der Waals surface area contributed by atoms with Gasteiger partial charge in [0.2, 0.25) is 5.91 Å². The van der Waals surface area contributed by atoms with Crippen molar-refractivity contribution in [3.05, 3.63) is 58.1 Å². The fourth-order valence-electron chi connectivity index (χ4n) is 3.60. The second-order valence-corrected chi connectivity index (χ2v) is 7.60. The molecule has 0 radical (unpaired) electrons. The number of nitrogens with zero attached hydrogens (tertiary/aromatic N) is 2. The maximum atomic E-state index is 13.0. The summed E-state index contributed by atoms with van der Waals surface area (Å²) in [5, 5.41) is 14.2. The standard InChI is InChI=1S/C22H22F3N3O6/c1-33-19-5-3-2-4-17(19)26-20(29)14-8-10-27(11-9-14)21(30)16-12-15(34-13-22(23,24)25)6-7-18(16)28(31)32/h2-7,12,14H,8-11,13H2,1H3,(H,26,29). The van der Waals surface area contributed by atoms with E-state index in [0.29, 0.717) is 24.3 Å². The first-order chi connectivity index (χ1) is 16.1. The van der Waals surface area contributed by atoms with Crippen molar-refractivity contribution in [3.8, 4) is 11.5 Å². The van der Waals surface area contributed by atoms with Crippen LogP contribution in [0.1, 0.15) is 23.2 Å². The highest BCUT2D eigenvalue weighted by molar-refractivity contribution is 5.99. The lowest BCUT2D eigenvalue weighted by molar-refractivity contribution is -0.385. The van der Waals surface area contributed by atoms with Gasteiger partial charge >= 0.3 is 6.18 Å². The molecule has 3 rings (SSSR count). The zero-order chi connectivity index (χ0) is 24.9. The normalized spacial score (nSPS) is 14.4. The molecular formula is C22H22F3N3O6. The molecule has 0 atom stereocenters. The predicted octanol–water partition coefficient (Wildman–Crippen LogP) is 4.04. The number of alkyl halides is 3. The van der Waals surface area contributed by atoms with Crippen LogP contribution in [0.3, 0.4) is 0 Å². The van der Waals surface area contributed by atoms with Crippen LogP contribution in [0.25, 0.3) is 0 Å². The number of rotatable bonds is 7. The van der Waals surface area contributed by atoms with Gasteiger partial charge in [-0.25, -0.2) is 0 Å². The number of nitrogens with one attached hydrogen (secondary N) is 1. The van der Waals surface area contributed by atoms with Crippen LogP contribution in [0.2, 0.25) is 0 Å². The second-order valence-electron chi connectivity index (χ2n) is 7.60. The van der Waals surface area contributed by atoms with Crippen LogP contribution in [-0.4, -0.2) is 54.6 Å². The molecule has 1 heterocycles. The third kappa shape index (κ3) is 6.15. The van der Waals surface area contributed by atoms with Gasteiger partial charge in [-0.15, -0.1) is 0 Å². The lowest BCUT2D eigenvalue weighted by Gasteiger charge is -2.31. The first kappa shape index (κ1) is 24.8. The van der Waals surface area contributed by atoms with E-state index < -0.39 is 35.2 Å². The number of hydrogen-bond acceptors (Lipinski definition) is 6. The number of carbonyl (C=O) groups excluding carboxylic acids is 2. The molecule has 1 saturated heterocycles. The molecule has 1 aliphatic heterocycles. The van der Waals surface area contributed by atoms with Crippen molar-refractivity contribution < 1.29 is 37.2 Å². The lowest BCUT2D eigenvalue weighted by Crippen LogP contribution is -2.41.